The number of hydrogen-bond donors (Lipinski definition) is 3. The SMILES string of the molecule is CC#CCn1c(N2CCC[C@@H](N)C2)nc2c1c(=O)n(Cc1nc3cccc(O)c3[nH]c1=O)c(=O)n2C. The van der Waals surface area contributed by atoms with Crippen LogP contribution in [0.4, 0.5) is 5.95 Å². The summed E-state index contributed by atoms with van der Waals surface area (Å²) in [4.78, 5) is 53.2. The van der Waals surface area contributed by atoms with Gasteiger partial charge in [-0.3, -0.25) is 23.3 Å². The zero-order valence-electron chi connectivity index (χ0n) is 20.0. The number of fused-ring (bicyclic) bond motifs is 2. The van der Waals surface area contributed by atoms with Gasteiger partial charge < -0.3 is 20.7 Å². The van der Waals surface area contributed by atoms with E-state index in [2.05, 4.69) is 26.8 Å². The summed E-state index contributed by atoms with van der Waals surface area (Å²) in [6.45, 7) is 2.86. The molecule has 4 heterocycles. The van der Waals surface area contributed by atoms with Gasteiger partial charge in [0.15, 0.2) is 11.2 Å². The average Bonchev–Trinajstić information content (AvgIpc) is 3.24. The molecule has 1 aromatic carbocycles. The number of phenolic OH excluding ortho intramolecular Hbond substituents is 1. The van der Waals surface area contributed by atoms with Crippen LogP contribution in [0.5, 0.6) is 5.75 Å². The lowest BCUT2D eigenvalue weighted by Crippen LogP contribution is -2.44. The Morgan fingerprint density at radius 1 is 1.22 bits per heavy atom. The van der Waals surface area contributed by atoms with Crippen LogP contribution < -0.4 is 27.4 Å². The molecule has 4 N–H and O–H groups in total. The number of nitrogens with zero attached hydrogens (tertiary/aromatic N) is 6. The van der Waals surface area contributed by atoms with Gasteiger partial charge in [-0.15, -0.1) is 5.92 Å². The number of hydrogen-bond acceptors (Lipinski definition) is 8. The Kier molecular flexibility index (Phi) is 5.85. The molecule has 5 rings (SSSR count). The van der Waals surface area contributed by atoms with Crippen molar-refractivity contribution in [2.45, 2.75) is 38.9 Å². The number of benzene rings is 1. The second-order valence-corrected chi connectivity index (χ2v) is 8.86. The number of aromatic hydroxyl groups is 1. The highest BCUT2D eigenvalue weighted by Crippen LogP contribution is 2.23. The van der Waals surface area contributed by atoms with Crippen molar-refractivity contribution in [1.29, 1.82) is 0 Å². The number of aromatic nitrogens is 6. The molecule has 0 amide bonds. The van der Waals surface area contributed by atoms with Crippen molar-refractivity contribution in [3.63, 3.8) is 0 Å². The van der Waals surface area contributed by atoms with Gasteiger partial charge >= 0.3 is 5.69 Å². The molecule has 0 radical (unpaired) electrons. The molecule has 186 valence electrons. The zero-order valence-corrected chi connectivity index (χ0v) is 20.0. The fourth-order valence-corrected chi connectivity index (χ4v) is 4.63. The highest BCUT2D eigenvalue weighted by Gasteiger charge is 2.26. The van der Waals surface area contributed by atoms with Crippen LogP contribution >= 0.6 is 0 Å². The van der Waals surface area contributed by atoms with E-state index < -0.39 is 16.8 Å². The fourth-order valence-electron chi connectivity index (χ4n) is 4.63. The minimum atomic E-state index is -0.627. The highest BCUT2D eigenvalue weighted by atomic mass is 16.3. The molecule has 4 aromatic rings. The van der Waals surface area contributed by atoms with Crippen molar-refractivity contribution in [2.24, 2.45) is 12.8 Å². The quantitative estimate of drug-likeness (QED) is 0.333. The van der Waals surface area contributed by atoms with Crippen molar-refractivity contribution < 1.29 is 5.11 Å². The number of imidazole rings is 1. The van der Waals surface area contributed by atoms with Crippen LogP contribution in [0.3, 0.4) is 0 Å². The molecule has 1 saturated heterocycles. The summed E-state index contributed by atoms with van der Waals surface area (Å²) in [7, 11) is 1.53. The normalized spacial score (nSPS) is 15.9. The number of anilines is 1. The maximum absolute atomic E-state index is 13.7. The van der Waals surface area contributed by atoms with Gasteiger partial charge in [0.05, 0.1) is 18.6 Å². The Labute approximate surface area is 204 Å². The Bertz CT molecular complexity index is 1730. The molecule has 1 aliphatic rings. The third-order valence-electron chi connectivity index (χ3n) is 6.45. The third-order valence-corrected chi connectivity index (χ3v) is 6.45. The largest absolute Gasteiger partial charge is 0.506 e. The minimum absolute atomic E-state index is 0.0186. The van der Waals surface area contributed by atoms with Crippen LogP contribution in [-0.4, -0.2) is 52.9 Å². The van der Waals surface area contributed by atoms with Crippen LogP contribution in [0.2, 0.25) is 0 Å². The van der Waals surface area contributed by atoms with E-state index in [0.717, 1.165) is 24.0 Å². The van der Waals surface area contributed by atoms with E-state index in [1.54, 1.807) is 23.6 Å². The number of para-hydroxylation sites is 1. The molecule has 0 spiro atoms. The Morgan fingerprint density at radius 3 is 2.78 bits per heavy atom. The second kappa shape index (κ2) is 9.01. The van der Waals surface area contributed by atoms with E-state index >= 15 is 0 Å². The first-order valence-corrected chi connectivity index (χ1v) is 11.6. The predicted molar refractivity (Wildman–Crippen MR) is 135 cm³/mol. The standard InChI is InChI=1S/C24H26N8O4/c1-3-4-11-31-19-20(28-23(31)30-10-6-7-14(25)12-30)29(2)24(36)32(22(19)35)13-16-21(34)27-18-15(26-16)8-5-9-17(18)33/h5,8-9,14,33H,6-7,10-13,25H2,1-2H3,(H,27,34)/t14-/m1/s1. The van der Waals surface area contributed by atoms with Gasteiger partial charge in [-0.05, 0) is 31.9 Å². The fraction of sp³-hybridized carbons (Fsp3) is 0.375. The predicted octanol–water partition coefficient (Wildman–Crippen LogP) is -0.162. The van der Waals surface area contributed by atoms with E-state index in [0.29, 0.717) is 18.0 Å². The topological polar surface area (TPSA) is 157 Å². The van der Waals surface area contributed by atoms with Crippen molar-refractivity contribution >= 4 is 28.1 Å². The lowest BCUT2D eigenvalue weighted by atomic mass is 10.1. The summed E-state index contributed by atoms with van der Waals surface area (Å²) in [5, 5.41) is 10.00. The van der Waals surface area contributed by atoms with Crippen molar-refractivity contribution in [3.05, 3.63) is 55.1 Å². The Balaban J connectivity index is 1.70. The number of piperidine rings is 1. The van der Waals surface area contributed by atoms with Gasteiger partial charge in [0.25, 0.3) is 11.1 Å². The maximum Gasteiger partial charge on any atom is 0.332 e. The Hall–Kier alpha value is -4.37. The molecule has 0 bridgehead atoms. The minimum Gasteiger partial charge on any atom is -0.506 e. The first kappa shape index (κ1) is 23.4. The second-order valence-electron chi connectivity index (χ2n) is 8.86. The molecule has 12 nitrogen and oxygen atoms in total. The summed E-state index contributed by atoms with van der Waals surface area (Å²) in [5.74, 6) is 6.24. The number of aryl methyl sites for hydroxylation is 1. The molecule has 3 aromatic heterocycles. The first-order valence-electron chi connectivity index (χ1n) is 11.6. The molecule has 36 heavy (non-hydrogen) atoms. The van der Waals surface area contributed by atoms with Gasteiger partial charge in [0.1, 0.15) is 17.0 Å². The number of nitrogens with two attached hydrogens (primary N) is 1. The van der Waals surface area contributed by atoms with Crippen LogP contribution in [0, 0.1) is 11.8 Å². The number of nitrogens with one attached hydrogen (secondary N) is 1. The smallest absolute Gasteiger partial charge is 0.332 e. The van der Waals surface area contributed by atoms with E-state index in [-0.39, 0.29) is 47.3 Å². The van der Waals surface area contributed by atoms with Crippen molar-refractivity contribution in [3.8, 4) is 17.6 Å². The van der Waals surface area contributed by atoms with Gasteiger partial charge in [0, 0.05) is 26.2 Å². The molecule has 1 fully saturated rings. The lowest BCUT2D eigenvalue weighted by molar-refractivity contribution is 0.480. The summed E-state index contributed by atoms with van der Waals surface area (Å²) >= 11 is 0. The van der Waals surface area contributed by atoms with Gasteiger partial charge in [-0.2, -0.15) is 4.98 Å². The molecule has 1 aliphatic heterocycles. The maximum atomic E-state index is 13.7. The molecule has 0 saturated carbocycles. The number of H-pyrrole nitrogens is 1. The summed E-state index contributed by atoms with van der Waals surface area (Å²) in [6.07, 6.45) is 1.79. The first-order chi connectivity index (χ1) is 17.3. The van der Waals surface area contributed by atoms with Crippen LogP contribution in [0.1, 0.15) is 25.5 Å². The highest BCUT2D eigenvalue weighted by molar-refractivity contribution is 5.80. The summed E-state index contributed by atoms with van der Waals surface area (Å²) < 4.78 is 3.97. The molecule has 12 heteroatoms. The molecule has 0 unspecified atom stereocenters. The number of phenols is 1. The van der Waals surface area contributed by atoms with Crippen LogP contribution in [-0.2, 0) is 20.1 Å². The van der Waals surface area contributed by atoms with Gasteiger partial charge in [0.2, 0.25) is 5.95 Å². The van der Waals surface area contributed by atoms with E-state index in [9.17, 15) is 19.5 Å². The molecular weight excluding hydrogens is 464 g/mol. The lowest BCUT2D eigenvalue weighted by Gasteiger charge is -2.31. The number of aromatic amines is 1. The number of rotatable bonds is 4. The van der Waals surface area contributed by atoms with E-state index in [1.807, 2.05) is 4.90 Å². The van der Waals surface area contributed by atoms with E-state index in [1.165, 1.54) is 17.7 Å². The summed E-state index contributed by atoms with van der Waals surface area (Å²) in [6, 6.07) is 4.62. The van der Waals surface area contributed by atoms with Gasteiger partial charge in [-0.1, -0.05) is 12.0 Å². The van der Waals surface area contributed by atoms with Crippen molar-refractivity contribution in [2.75, 3.05) is 18.0 Å². The van der Waals surface area contributed by atoms with Crippen LogP contribution in [0.15, 0.2) is 32.6 Å². The third kappa shape index (κ3) is 3.83. The molecule has 1 atom stereocenters. The van der Waals surface area contributed by atoms with Crippen molar-refractivity contribution in [1.82, 2.24) is 28.7 Å². The zero-order chi connectivity index (χ0) is 25.6. The molecular formula is C24H26N8O4. The summed E-state index contributed by atoms with van der Waals surface area (Å²) in [5.41, 5.74) is 5.29. The van der Waals surface area contributed by atoms with E-state index in [4.69, 9.17) is 5.73 Å². The molecule has 0 aliphatic carbocycles. The van der Waals surface area contributed by atoms with Gasteiger partial charge in [-0.25, -0.2) is 9.78 Å². The average molecular weight is 491 g/mol. The van der Waals surface area contributed by atoms with Crippen LogP contribution in [0.25, 0.3) is 22.2 Å². The Morgan fingerprint density at radius 2 is 2.03 bits per heavy atom. The monoisotopic (exact) mass is 490 g/mol.